The van der Waals surface area contributed by atoms with E-state index >= 15 is 0 Å². The molecule has 0 saturated carbocycles. The molecule has 70 heavy (non-hydrogen) atoms. The Balaban J connectivity index is 2.04. The van der Waals surface area contributed by atoms with Gasteiger partial charge in [-0.05, 0) is 109 Å². The lowest BCUT2D eigenvalue weighted by Crippen LogP contribution is -2.21. The van der Waals surface area contributed by atoms with Crippen LogP contribution in [0.3, 0.4) is 0 Å². The van der Waals surface area contributed by atoms with Gasteiger partial charge in [0, 0.05) is 25.7 Å². The third kappa shape index (κ3) is 14.3. The zero-order valence-corrected chi connectivity index (χ0v) is 44.3. The van der Waals surface area contributed by atoms with E-state index in [0.29, 0.717) is 34.1 Å². The number of benzene rings is 4. The fraction of sp³-hybridized carbons (Fsp3) is 0.517. The fourth-order valence-corrected chi connectivity index (χ4v) is 8.50. The second kappa shape index (κ2) is 22.4. The fourth-order valence-electron chi connectivity index (χ4n) is 8.50. The number of carboxylic acids is 1. The van der Waals surface area contributed by atoms with Crippen molar-refractivity contribution in [3.63, 3.8) is 0 Å². The zero-order chi connectivity index (χ0) is 51.9. The van der Waals surface area contributed by atoms with Crippen LogP contribution in [-0.2, 0) is 80.7 Å². The number of esters is 3. The van der Waals surface area contributed by atoms with Crippen LogP contribution < -0.4 is 18.9 Å². The molecular formula is C58H76O12. The number of ether oxygens (including phenoxy) is 7. The summed E-state index contributed by atoms with van der Waals surface area (Å²) >= 11 is 0. The molecule has 12 nitrogen and oxygen atoms in total. The van der Waals surface area contributed by atoms with Crippen LogP contribution in [0, 0.1) is 0 Å². The van der Waals surface area contributed by atoms with Crippen molar-refractivity contribution in [2.45, 2.75) is 151 Å². The smallest absolute Gasteiger partial charge is 0.344 e. The molecular weight excluding hydrogens is 889 g/mol. The number of hydrogen-bond acceptors (Lipinski definition) is 11. The number of rotatable bonds is 15. The van der Waals surface area contributed by atoms with Crippen molar-refractivity contribution in [2.75, 3.05) is 46.2 Å². The van der Waals surface area contributed by atoms with Gasteiger partial charge in [-0.3, -0.25) is 0 Å². The molecule has 0 aromatic heterocycles. The van der Waals surface area contributed by atoms with E-state index in [0.717, 1.165) is 55.6 Å². The molecule has 0 amide bonds. The molecule has 1 N–H and O–H groups in total. The molecule has 0 heterocycles. The Bertz CT molecular complexity index is 2420. The highest BCUT2D eigenvalue weighted by atomic mass is 16.6. The molecule has 5 rings (SSSR count). The van der Waals surface area contributed by atoms with E-state index in [1.165, 1.54) is 0 Å². The predicted octanol–water partition coefficient (Wildman–Crippen LogP) is 10.8. The molecule has 8 bridgehead atoms. The minimum Gasteiger partial charge on any atom is -0.481 e. The SMILES string of the molecule is CCOC(=O)COc1c2cc(C(C)(C)C)cc1Cc1cc(C(C)(C)C)cc(c1OCC(=O)OCC)Cc1cc(C(C)(C)C)cc(c1OCC(=O)OCC)Cc1cc(C(C)(C)C)cc(c1OCC(=O)O)C2. The highest BCUT2D eigenvalue weighted by Gasteiger charge is 2.30. The van der Waals surface area contributed by atoms with Gasteiger partial charge >= 0.3 is 23.9 Å². The second-order valence-electron chi connectivity index (χ2n) is 22.2. The highest BCUT2D eigenvalue weighted by Crippen LogP contribution is 2.44. The van der Waals surface area contributed by atoms with Gasteiger partial charge < -0.3 is 38.3 Å². The predicted molar refractivity (Wildman–Crippen MR) is 271 cm³/mol. The lowest BCUT2D eigenvalue weighted by atomic mass is 9.79. The minimum atomic E-state index is -1.14. The Morgan fingerprint density at radius 2 is 0.557 bits per heavy atom. The average molecular weight is 965 g/mol. The maximum atomic E-state index is 13.2. The first-order valence-electron chi connectivity index (χ1n) is 24.5. The molecule has 0 aliphatic heterocycles. The molecule has 0 fully saturated rings. The van der Waals surface area contributed by atoms with E-state index in [9.17, 15) is 24.3 Å². The highest BCUT2D eigenvalue weighted by molar-refractivity contribution is 5.73. The molecule has 4 aromatic carbocycles. The molecule has 0 spiro atoms. The monoisotopic (exact) mass is 965 g/mol. The van der Waals surface area contributed by atoms with E-state index < -0.39 is 30.5 Å². The standard InChI is InChI=1S/C58H76O12/c1-16-64-48(61)32-68-52-37-19-35-23-43(55(4,5)6)24-36(51(35)67-31-47(59)60)20-38-26-45(57(10,11)12)28-40(53(38)69-33-49(62)65-17-2)22-42-30-46(58(13,14)15)29-41(54(42)70-34-50(63)66-18-3)21-39(52)27-44(25-37)56(7,8)9/h23-30H,16-22,31-34H2,1-15H3,(H,59,60). The van der Waals surface area contributed by atoms with Gasteiger partial charge in [-0.2, -0.15) is 0 Å². The van der Waals surface area contributed by atoms with Crippen molar-refractivity contribution in [3.05, 3.63) is 115 Å². The van der Waals surface area contributed by atoms with E-state index in [1.807, 2.05) is 0 Å². The largest absolute Gasteiger partial charge is 0.481 e. The first kappa shape index (κ1) is 54.9. The second-order valence-corrected chi connectivity index (χ2v) is 22.2. The molecule has 12 heteroatoms. The van der Waals surface area contributed by atoms with Crippen molar-refractivity contribution >= 4 is 23.9 Å². The Morgan fingerprint density at radius 3 is 0.714 bits per heavy atom. The van der Waals surface area contributed by atoms with Gasteiger partial charge in [-0.15, -0.1) is 0 Å². The summed E-state index contributed by atoms with van der Waals surface area (Å²) in [5.74, 6) is -0.911. The summed E-state index contributed by atoms with van der Waals surface area (Å²) in [6.07, 6.45) is 0.943. The quantitative estimate of drug-likeness (QED) is 0.0785. The van der Waals surface area contributed by atoms with Gasteiger partial charge in [-0.25, -0.2) is 19.2 Å². The number of carbonyl (C=O) groups excluding carboxylic acids is 3. The summed E-state index contributed by atoms with van der Waals surface area (Å²) in [4.78, 5) is 51.8. The van der Waals surface area contributed by atoms with Crippen LogP contribution in [0.4, 0.5) is 0 Å². The molecule has 380 valence electrons. The van der Waals surface area contributed by atoms with E-state index in [1.54, 1.807) is 20.8 Å². The first-order chi connectivity index (χ1) is 32.6. The summed E-state index contributed by atoms with van der Waals surface area (Å²) in [7, 11) is 0. The molecule has 0 saturated heterocycles. The van der Waals surface area contributed by atoms with Gasteiger partial charge in [0.1, 0.15) is 23.0 Å². The van der Waals surface area contributed by atoms with Crippen LogP contribution in [0.25, 0.3) is 0 Å². The van der Waals surface area contributed by atoms with Gasteiger partial charge in [0.05, 0.1) is 19.8 Å². The van der Waals surface area contributed by atoms with Gasteiger partial charge in [-0.1, -0.05) is 132 Å². The maximum absolute atomic E-state index is 13.2. The molecule has 0 atom stereocenters. The van der Waals surface area contributed by atoms with Crippen molar-refractivity contribution in [3.8, 4) is 23.0 Å². The van der Waals surface area contributed by atoms with Gasteiger partial charge in [0.15, 0.2) is 26.4 Å². The van der Waals surface area contributed by atoms with Crippen molar-refractivity contribution < 1.29 is 57.4 Å². The number of aliphatic carboxylic acids is 1. The van der Waals surface area contributed by atoms with Gasteiger partial charge in [0.25, 0.3) is 0 Å². The van der Waals surface area contributed by atoms with Crippen molar-refractivity contribution in [1.29, 1.82) is 0 Å². The zero-order valence-electron chi connectivity index (χ0n) is 44.3. The molecule has 4 aromatic rings. The Kier molecular flexibility index (Phi) is 17.5. The van der Waals surface area contributed by atoms with Crippen LogP contribution in [-0.4, -0.2) is 75.2 Å². The summed E-state index contributed by atoms with van der Waals surface area (Å²) in [5, 5.41) is 10.1. The van der Waals surface area contributed by atoms with Crippen molar-refractivity contribution in [2.24, 2.45) is 0 Å². The lowest BCUT2D eigenvalue weighted by molar-refractivity contribution is -0.146. The maximum Gasteiger partial charge on any atom is 0.344 e. The summed E-state index contributed by atoms with van der Waals surface area (Å²) in [6.45, 7) is 29.7. The third-order valence-corrected chi connectivity index (χ3v) is 12.2. The average Bonchev–Trinajstić information content (AvgIpc) is 3.23. The van der Waals surface area contributed by atoms with Crippen LogP contribution in [0.2, 0.25) is 0 Å². The van der Waals surface area contributed by atoms with E-state index in [2.05, 4.69) is 132 Å². The van der Waals surface area contributed by atoms with Crippen molar-refractivity contribution in [1.82, 2.24) is 0 Å². The Labute approximate surface area is 415 Å². The number of fused-ring (bicyclic) bond motifs is 8. The van der Waals surface area contributed by atoms with Crippen LogP contribution >= 0.6 is 0 Å². The number of carboxylic acid groups (broad SMARTS) is 1. The summed E-state index contributed by atoms with van der Waals surface area (Å²) in [5.41, 5.74) is 8.50. The lowest BCUT2D eigenvalue weighted by Gasteiger charge is -2.29. The topological polar surface area (TPSA) is 153 Å². The molecule has 0 radical (unpaired) electrons. The van der Waals surface area contributed by atoms with Crippen LogP contribution in [0.5, 0.6) is 23.0 Å². The first-order valence-corrected chi connectivity index (χ1v) is 24.5. The normalized spacial score (nSPS) is 13.0. The Hall–Kier alpha value is -6.04. The van der Waals surface area contributed by atoms with Gasteiger partial charge in [0.2, 0.25) is 0 Å². The van der Waals surface area contributed by atoms with E-state index in [-0.39, 0.29) is 87.0 Å². The minimum absolute atomic E-state index is 0.177. The molecule has 1 aliphatic carbocycles. The molecule has 0 unspecified atom stereocenters. The number of carbonyl (C=O) groups is 4. The summed E-state index contributed by atoms with van der Waals surface area (Å²) < 4.78 is 42.4. The Morgan fingerprint density at radius 1 is 0.371 bits per heavy atom. The summed E-state index contributed by atoms with van der Waals surface area (Å²) in [6, 6.07) is 16.7. The van der Waals surface area contributed by atoms with Crippen LogP contribution in [0.15, 0.2) is 48.5 Å². The van der Waals surface area contributed by atoms with E-state index in [4.69, 9.17) is 33.2 Å². The van der Waals surface area contributed by atoms with Crippen LogP contribution in [0.1, 0.15) is 171 Å². The number of hydrogen-bond donors (Lipinski definition) is 1. The molecule has 1 aliphatic rings. The third-order valence-electron chi connectivity index (χ3n) is 12.2.